The molecule has 0 spiro atoms. The van der Waals surface area contributed by atoms with Crippen molar-refractivity contribution in [2.45, 2.75) is 33.7 Å². The smallest absolute Gasteiger partial charge is 0.287 e. The normalized spacial score (nSPS) is 10.7. The fourth-order valence-corrected chi connectivity index (χ4v) is 1.73. The van der Waals surface area contributed by atoms with E-state index in [4.69, 9.17) is 11.6 Å². The number of nitrogens with zero attached hydrogens (tertiary/aromatic N) is 2. The van der Waals surface area contributed by atoms with Gasteiger partial charge >= 0.3 is 0 Å². The number of halogens is 1. The van der Waals surface area contributed by atoms with E-state index < -0.39 is 0 Å². The van der Waals surface area contributed by atoms with Gasteiger partial charge in [-0.25, -0.2) is 4.68 Å². The molecule has 7 heteroatoms. The second-order valence-electron chi connectivity index (χ2n) is 4.95. The van der Waals surface area contributed by atoms with E-state index in [1.165, 1.54) is 10.9 Å². The van der Waals surface area contributed by atoms with Crippen LogP contribution in [0.25, 0.3) is 0 Å². The maximum atomic E-state index is 11.9. The number of hydrogen-bond acceptors (Lipinski definition) is 4. The Bertz CT molecular complexity index is 514. The van der Waals surface area contributed by atoms with Gasteiger partial charge in [0, 0.05) is 13.1 Å². The summed E-state index contributed by atoms with van der Waals surface area (Å²) in [6.45, 7) is 7.18. The highest BCUT2D eigenvalue weighted by Crippen LogP contribution is 2.14. The minimum Gasteiger partial charge on any atom is -0.373 e. The van der Waals surface area contributed by atoms with Crippen molar-refractivity contribution in [2.24, 2.45) is 5.92 Å². The Balaban J connectivity index is 2.63. The van der Waals surface area contributed by atoms with E-state index in [9.17, 15) is 9.59 Å². The van der Waals surface area contributed by atoms with Gasteiger partial charge in [0.2, 0.25) is 5.91 Å². The third-order valence-electron chi connectivity index (χ3n) is 2.57. The highest BCUT2D eigenvalue weighted by Gasteiger charge is 2.10. The summed E-state index contributed by atoms with van der Waals surface area (Å²) in [5.41, 5.74) is 0.0322. The molecule has 20 heavy (non-hydrogen) atoms. The van der Waals surface area contributed by atoms with Crippen molar-refractivity contribution < 1.29 is 4.79 Å². The molecule has 0 bridgehead atoms. The number of carbonyl (C=O) groups is 1. The average Bonchev–Trinajstić information content (AvgIpc) is 2.41. The summed E-state index contributed by atoms with van der Waals surface area (Å²) in [4.78, 5) is 23.4. The maximum absolute atomic E-state index is 11.9. The van der Waals surface area contributed by atoms with E-state index in [-0.39, 0.29) is 23.0 Å². The second-order valence-corrected chi connectivity index (χ2v) is 5.33. The Labute approximate surface area is 123 Å². The summed E-state index contributed by atoms with van der Waals surface area (Å²) in [6.07, 6.45) is 2.27. The van der Waals surface area contributed by atoms with Crippen molar-refractivity contribution in [2.75, 3.05) is 18.4 Å². The molecule has 0 atom stereocenters. The van der Waals surface area contributed by atoms with Gasteiger partial charge < -0.3 is 10.6 Å². The van der Waals surface area contributed by atoms with Crippen molar-refractivity contribution in [1.82, 2.24) is 15.1 Å². The zero-order chi connectivity index (χ0) is 15.1. The number of carbonyl (C=O) groups excluding carboxylic acids is 1. The Hall–Kier alpha value is -1.56. The van der Waals surface area contributed by atoms with Gasteiger partial charge in [0.05, 0.1) is 18.4 Å². The third-order valence-corrected chi connectivity index (χ3v) is 2.93. The minimum atomic E-state index is -0.346. The van der Waals surface area contributed by atoms with Crippen molar-refractivity contribution in [1.29, 1.82) is 0 Å². The van der Waals surface area contributed by atoms with Crippen LogP contribution in [0.4, 0.5) is 5.69 Å². The molecule has 0 saturated heterocycles. The molecule has 1 amide bonds. The first kappa shape index (κ1) is 16.5. The first-order valence-electron chi connectivity index (χ1n) is 6.71. The molecule has 0 aromatic carbocycles. The summed E-state index contributed by atoms with van der Waals surface area (Å²) in [5, 5.41) is 9.66. The molecule has 0 unspecified atom stereocenters. The lowest BCUT2D eigenvalue weighted by Gasteiger charge is -2.11. The summed E-state index contributed by atoms with van der Waals surface area (Å²) in [7, 11) is 0. The van der Waals surface area contributed by atoms with Crippen molar-refractivity contribution in [3.8, 4) is 0 Å². The molecule has 0 aliphatic rings. The lowest BCUT2D eigenvalue weighted by Crippen LogP contribution is -2.33. The summed E-state index contributed by atoms with van der Waals surface area (Å²) in [5.74, 6) is 0.245. The first-order chi connectivity index (χ1) is 9.45. The van der Waals surface area contributed by atoms with Crippen molar-refractivity contribution >= 4 is 23.2 Å². The van der Waals surface area contributed by atoms with Crippen LogP contribution in [0.3, 0.4) is 0 Å². The number of hydrogen-bond donors (Lipinski definition) is 2. The molecule has 1 rings (SSSR count). The lowest BCUT2D eigenvalue weighted by molar-refractivity contribution is -0.119. The summed E-state index contributed by atoms with van der Waals surface area (Å²) < 4.78 is 1.31. The number of anilines is 1. The molecule has 1 heterocycles. The molecule has 1 aromatic rings. The minimum absolute atomic E-state index is 0.0603. The quantitative estimate of drug-likeness (QED) is 0.800. The molecule has 6 nitrogen and oxygen atoms in total. The molecule has 0 aliphatic carbocycles. The van der Waals surface area contributed by atoms with Crippen LogP contribution in [0.5, 0.6) is 0 Å². The molecular weight excluding hydrogens is 280 g/mol. The first-order valence-corrected chi connectivity index (χ1v) is 7.09. The highest BCUT2D eigenvalue weighted by molar-refractivity contribution is 6.33. The fraction of sp³-hybridized carbons (Fsp3) is 0.615. The van der Waals surface area contributed by atoms with E-state index in [0.717, 1.165) is 6.42 Å². The number of aromatic nitrogens is 2. The largest absolute Gasteiger partial charge is 0.373 e. The SMILES string of the molecule is CCCn1ncc(NCC(=O)NCC(C)C)c(Cl)c1=O. The van der Waals surface area contributed by atoms with Crippen molar-refractivity contribution in [3.63, 3.8) is 0 Å². The van der Waals surface area contributed by atoms with E-state index in [1.54, 1.807) is 0 Å². The van der Waals surface area contributed by atoms with Crippen LogP contribution in [0.15, 0.2) is 11.0 Å². The van der Waals surface area contributed by atoms with Crippen LogP contribution in [-0.4, -0.2) is 28.8 Å². The summed E-state index contributed by atoms with van der Waals surface area (Å²) >= 11 is 5.98. The van der Waals surface area contributed by atoms with E-state index in [1.807, 2.05) is 20.8 Å². The lowest BCUT2D eigenvalue weighted by atomic mass is 10.2. The number of rotatable bonds is 7. The monoisotopic (exact) mass is 300 g/mol. The Kier molecular flexibility index (Phi) is 6.51. The predicted octanol–water partition coefficient (Wildman–Crippen LogP) is 1.49. The van der Waals surface area contributed by atoms with Crippen LogP contribution >= 0.6 is 11.6 Å². The van der Waals surface area contributed by atoms with Crippen LogP contribution < -0.4 is 16.2 Å². The molecule has 0 fully saturated rings. The standard InChI is InChI=1S/C13H21ClN4O2/c1-4-5-18-13(20)12(14)10(7-17-18)15-8-11(19)16-6-9(2)3/h7,9,15H,4-6,8H2,1-3H3,(H,16,19). The second kappa shape index (κ2) is 7.89. The van der Waals surface area contributed by atoms with Crippen LogP contribution in [0.1, 0.15) is 27.2 Å². The van der Waals surface area contributed by atoms with Gasteiger partial charge in [-0.3, -0.25) is 9.59 Å². The predicted molar refractivity (Wildman–Crippen MR) is 80.1 cm³/mol. The highest BCUT2D eigenvalue weighted by atomic mass is 35.5. The Morgan fingerprint density at radius 1 is 1.50 bits per heavy atom. The van der Waals surface area contributed by atoms with Crippen LogP contribution in [0, 0.1) is 5.92 Å². The van der Waals surface area contributed by atoms with Crippen LogP contribution in [-0.2, 0) is 11.3 Å². The molecule has 112 valence electrons. The van der Waals surface area contributed by atoms with Gasteiger partial charge in [-0.2, -0.15) is 5.10 Å². The zero-order valence-corrected chi connectivity index (χ0v) is 12.8. The molecule has 0 aliphatic heterocycles. The van der Waals surface area contributed by atoms with E-state index in [2.05, 4.69) is 15.7 Å². The molecular formula is C13H21ClN4O2. The Morgan fingerprint density at radius 2 is 2.20 bits per heavy atom. The topological polar surface area (TPSA) is 76.0 Å². The Morgan fingerprint density at radius 3 is 2.80 bits per heavy atom. The van der Waals surface area contributed by atoms with Gasteiger partial charge in [0.15, 0.2) is 0 Å². The van der Waals surface area contributed by atoms with Crippen molar-refractivity contribution in [3.05, 3.63) is 21.6 Å². The third kappa shape index (κ3) is 4.85. The molecule has 2 N–H and O–H groups in total. The molecule has 1 aromatic heterocycles. The van der Waals surface area contributed by atoms with Gasteiger partial charge in [-0.1, -0.05) is 32.4 Å². The van der Waals surface area contributed by atoms with E-state index in [0.29, 0.717) is 24.7 Å². The van der Waals surface area contributed by atoms with E-state index >= 15 is 0 Å². The number of amides is 1. The maximum Gasteiger partial charge on any atom is 0.287 e. The molecule has 0 radical (unpaired) electrons. The van der Waals surface area contributed by atoms with Gasteiger partial charge in [0.25, 0.3) is 5.56 Å². The van der Waals surface area contributed by atoms with Crippen LogP contribution in [0.2, 0.25) is 5.02 Å². The van der Waals surface area contributed by atoms with Gasteiger partial charge in [-0.15, -0.1) is 0 Å². The number of nitrogens with one attached hydrogen (secondary N) is 2. The fourth-order valence-electron chi connectivity index (χ4n) is 1.52. The molecule has 0 saturated carbocycles. The number of aryl methyl sites for hydroxylation is 1. The van der Waals surface area contributed by atoms with Gasteiger partial charge in [-0.05, 0) is 12.3 Å². The zero-order valence-electron chi connectivity index (χ0n) is 12.1. The summed E-state index contributed by atoms with van der Waals surface area (Å²) in [6, 6.07) is 0. The van der Waals surface area contributed by atoms with Gasteiger partial charge in [0.1, 0.15) is 5.02 Å². The average molecular weight is 301 g/mol.